The molecule has 12 heteroatoms. The van der Waals surface area contributed by atoms with Crippen molar-refractivity contribution in [1.29, 1.82) is 0 Å². The Bertz CT molecular complexity index is 1910. The molecule has 236 valence electrons. The highest BCUT2D eigenvalue weighted by molar-refractivity contribution is 7.89. The molecule has 0 saturated carbocycles. The van der Waals surface area contributed by atoms with Crippen LogP contribution in [-0.4, -0.2) is 85.7 Å². The van der Waals surface area contributed by atoms with Crippen LogP contribution in [0, 0.1) is 5.92 Å². The molecule has 2 amide bonds. The van der Waals surface area contributed by atoms with Crippen molar-refractivity contribution in [3.05, 3.63) is 101 Å². The van der Waals surface area contributed by atoms with E-state index in [0.717, 1.165) is 41.3 Å². The molecule has 0 aliphatic carbocycles. The molecular formula is C34H32ClN5O5S. The Hall–Kier alpha value is -4.45. The first kappa shape index (κ1) is 31.5. The number of carbonyl (C=O) groups excluding carboxylic acids is 3. The van der Waals surface area contributed by atoms with Gasteiger partial charge in [0, 0.05) is 61.1 Å². The van der Waals surface area contributed by atoms with Crippen LogP contribution in [0.2, 0.25) is 5.02 Å². The third kappa shape index (κ3) is 6.72. The summed E-state index contributed by atoms with van der Waals surface area (Å²) in [4.78, 5) is 50.5. The van der Waals surface area contributed by atoms with Gasteiger partial charge in [0.05, 0.1) is 23.0 Å². The van der Waals surface area contributed by atoms with Gasteiger partial charge in [-0.25, -0.2) is 13.4 Å². The molecule has 0 bridgehead atoms. The van der Waals surface area contributed by atoms with Crippen LogP contribution < -0.4 is 4.90 Å². The molecule has 10 nitrogen and oxygen atoms in total. The maximum Gasteiger partial charge on any atom is 0.277 e. The number of hydrogen-bond donors (Lipinski definition) is 0. The minimum atomic E-state index is -4.08. The molecule has 2 aliphatic rings. The number of benzene rings is 3. The summed E-state index contributed by atoms with van der Waals surface area (Å²) in [6.07, 6.45) is 7.14. The van der Waals surface area contributed by atoms with E-state index in [2.05, 4.69) is 14.9 Å². The molecule has 2 aliphatic heterocycles. The standard InChI is InChI=1S/C34H32ClN5O5S/c35-28-7-5-26-18-31(8-6-25(26)17-28)46(44,45)39-21-30(19-37-34(43)32-4-2-1-3-27(32)23-41)40(33(42)22-39)20-24-11-15-38(16-12-24)29-9-13-36-14-10-29/h1-10,13-14,17-19,23-24,30H,11-12,15-16,20-22H2. The number of piperidine rings is 1. The van der Waals surface area contributed by atoms with Crippen LogP contribution in [0.3, 0.4) is 0 Å². The molecule has 1 atom stereocenters. The number of piperazine rings is 1. The van der Waals surface area contributed by atoms with E-state index in [4.69, 9.17) is 11.6 Å². The molecule has 0 N–H and O–H groups in total. The van der Waals surface area contributed by atoms with E-state index in [1.807, 2.05) is 12.1 Å². The predicted octanol–water partition coefficient (Wildman–Crippen LogP) is 4.73. The van der Waals surface area contributed by atoms with Crippen LogP contribution in [0.15, 0.2) is 95.1 Å². The fraction of sp³-hybridized carbons (Fsp3) is 0.265. The van der Waals surface area contributed by atoms with Crippen LogP contribution in [0.25, 0.3) is 10.8 Å². The Morgan fingerprint density at radius 1 is 0.978 bits per heavy atom. The van der Waals surface area contributed by atoms with Crippen LogP contribution in [0.4, 0.5) is 5.69 Å². The lowest BCUT2D eigenvalue weighted by Gasteiger charge is -2.42. The van der Waals surface area contributed by atoms with Crippen molar-refractivity contribution in [1.82, 2.24) is 14.2 Å². The Morgan fingerprint density at radius 3 is 2.46 bits per heavy atom. The summed E-state index contributed by atoms with van der Waals surface area (Å²) in [5.41, 5.74) is 1.43. The first-order chi connectivity index (χ1) is 22.2. The lowest BCUT2D eigenvalue weighted by atomic mass is 9.95. The second-order valence-corrected chi connectivity index (χ2v) is 13.9. The van der Waals surface area contributed by atoms with Crippen molar-refractivity contribution in [2.45, 2.75) is 23.8 Å². The molecule has 1 unspecified atom stereocenters. The number of aldehydes is 1. The fourth-order valence-electron chi connectivity index (χ4n) is 6.08. The minimum absolute atomic E-state index is 0.0544. The Morgan fingerprint density at radius 2 is 1.70 bits per heavy atom. The van der Waals surface area contributed by atoms with Gasteiger partial charge in [0.2, 0.25) is 15.9 Å². The third-order valence-electron chi connectivity index (χ3n) is 8.61. The van der Waals surface area contributed by atoms with Gasteiger partial charge >= 0.3 is 0 Å². The predicted molar refractivity (Wildman–Crippen MR) is 177 cm³/mol. The maximum atomic E-state index is 13.9. The maximum absolute atomic E-state index is 13.9. The Kier molecular flexibility index (Phi) is 9.25. The Balaban J connectivity index is 1.25. The highest BCUT2D eigenvalue weighted by Gasteiger charge is 2.39. The second-order valence-electron chi connectivity index (χ2n) is 11.5. The summed E-state index contributed by atoms with van der Waals surface area (Å²) < 4.78 is 28.9. The molecule has 46 heavy (non-hydrogen) atoms. The zero-order chi connectivity index (χ0) is 32.3. The zero-order valence-electron chi connectivity index (χ0n) is 24.9. The van der Waals surface area contributed by atoms with E-state index in [1.165, 1.54) is 24.4 Å². The van der Waals surface area contributed by atoms with Gasteiger partial charge in [-0.2, -0.15) is 4.31 Å². The molecule has 2 saturated heterocycles. The smallest absolute Gasteiger partial charge is 0.277 e. The van der Waals surface area contributed by atoms with Crippen LogP contribution in [0.1, 0.15) is 33.6 Å². The fourth-order valence-corrected chi connectivity index (χ4v) is 7.70. The van der Waals surface area contributed by atoms with Crippen molar-refractivity contribution in [2.75, 3.05) is 37.6 Å². The van der Waals surface area contributed by atoms with Gasteiger partial charge in [-0.1, -0.05) is 41.9 Å². The first-order valence-electron chi connectivity index (χ1n) is 15.0. The van der Waals surface area contributed by atoms with Crippen molar-refractivity contribution in [2.24, 2.45) is 10.9 Å². The number of fused-ring (bicyclic) bond motifs is 1. The van der Waals surface area contributed by atoms with Gasteiger partial charge < -0.3 is 9.80 Å². The number of aliphatic imine (C=N–C) groups is 1. The third-order valence-corrected chi connectivity index (χ3v) is 10.7. The number of hydrogen-bond acceptors (Lipinski definition) is 7. The average Bonchev–Trinajstić information content (AvgIpc) is 3.08. The summed E-state index contributed by atoms with van der Waals surface area (Å²) in [7, 11) is -4.08. The lowest BCUT2D eigenvalue weighted by Crippen LogP contribution is -2.59. The SMILES string of the molecule is O=Cc1ccccc1C(=O)N=CC1CN(S(=O)(=O)c2ccc3cc(Cl)ccc3c2)CC(=O)N1CC1CCN(c2ccncc2)CC1. The average molecular weight is 658 g/mol. The molecule has 4 aromatic rings. The van der Waals surface area contributed by atoms with Crippen molar-refractivity contribution >= 4 is 62.4 Å². The van der Waals surface area contributed by atoms with E-state index >= 15 is 0 Å². The Labute approximate surface area is 272 Å². The number of halogens is 1. The van der Waals surface area contributed by atoms with Crippen molar-refractivity contribution in [3.8, 4) is 0 Å². The highest BCUT2D eigenvalue weighted by Crippen LogP contribution is 2.28. The molecule has 6 rings (SSSR count). The van der Waals surface area contributed by atoms with Gasteiger partial charge in [0.25, 0.3) is 5.91 Å². The normalized spacial score (nSPS) is 18.4. The van der Waals surface area contributed by atoms with Crippen molar-refractivity contribution < 1.29 is 22.8 Å². The lowest BCUT2D eigenvalue weighted by molar-refractivity contribution is -0.136. The molecule has 0 spiro atoms. The van der Waals surface area contributed by atoms with Crippen LogP contribution in [-0.2, 0) is 14.8 Å². The molecular weight excluding hydrogens is 626 g/mol. The number of anilines is 1. The van der Waals surface area contributed by atoms with E-state index in [1.54, 1.807) is 59.8 Å². The molecule has 3 aromatic carbocycles. The number of pyridine rings is 1. The number of nitrogens with zero attached hydrogens (tertiary/aromatic N) is 5. The number of rotatable bonds is 8. The highest BCUT2D eigenvalue weighted by atomic mass is 35.5. The number of carbonyl (C=O) groups is 3. The number of sulfonamides is 1. The summed E-state index contributed by atoms with van der Waals surface area (Å²) in [5.74, 6) is -0.829. The quantitative estimate of drug-likeness (QED) is 0.198. The largest absolute Gasteiger partial charge is 0.371 e. The van der Waals surface area contributed by atoms with Crippen molar-refractivity contribution in [3.63, 3.8) is 0 Å². The summed E-state index contributed by atoms with van der Waals surface area (Å²) in [6, 6.07) is 19.4. The monoisotopic (exact) mass is 657 g/mol. The zero-order valence-corrected chi connectivity index (χ0v) is 26.5. The van der Waals surface area contributed by atoms with Crippen LogP contribution in [0.5, 0.6) is 0 Å². The summed E-state index contributed by atoms with van der Waals surface area (Å²) in [6.45, 7) is 1.62. The van der Waals surface area contributed by atoms with E-state index in [9.17, 15) is 22.8 Å². The first-order valence-corrected chi connectivity index (χ1v) is 16.8. The van der Waals surface area contributed by atoms with E-state index in [-0.39, 0.29) is 40.9 Å². The van der Waals surface area contributed by atoms with E-state index in [0.29, 0.717) is 23.2 Å². The van der Waals surface area contributed by atoms with Gasteiger partial charge in [-0.15, -0.1) is 0 Å². The number of amides is 2. The van der Waals surface area contributed by atoms with Gasteiger partial charge in [0.1, 0.15) is 0 Å². The molecule has 3 heterocycles. The second kappa shape index (κ2) is 13.5. The molecule has 1 aromatic heterocycles. The molecule has 0 radical (unpaired) electrons. The topological polar surface area (TPSA) is 120 Å². The minimum Gasteiger partial charge on any atom is -0.371 e. The summed E-state index contributed by atoms with van der Waals surface area (Å²) >= 11 is 6.10. The van der Waals surface area contributed by atoms with Gasteiger partial charge in [-0.3, -0.25) is 19.4 Å². The van der Waals surface area contributed by atoms with Crippen LogP contribution >= 0.6 is 11.6 Å². The van der Waals surface area contributed by atoms with Gasteiger partial charge in [0.15, 0.2) is 6.29 Å². The van der Waals surface area contributed by atoms with E-state index < -0.39 is 22.0 Å². The number of aromatic nitrogens is 1. The molecule has 2 fully saturated rings. The van der Waals surface area contributed by atoms with Gasteiger partial charge in [-0.05, 0) is 72.0 Å². The summed E-state index contributed by atoms with van der Waals surface area (Å²) in [5, 5.41) is 2.04.